The molecular formula is C33H48N10O7S. The number of carbonyl (C=O) groups excluding carboxylic acids is 5. The molecule has 6 amide bonds. The van der Waals surface area contributed by atoms with Gasteiger partial charge in [0.2, 0.25) is 23.6 Å². The molecule has 278 valence electrons. The zero-order chi connectivity index (χ0) is 37.8. The van der Waals surface area contributed by atoms with Crippen molar-refractivity contribution in [1.82, 2.24) is 26.6 Å². The zero-order valence-corrected chi connectivity index (χ0v) is 29.0. The highest BCUT2D eigenvalue weighted by Crippen LogP contribution is 2.09. The fraction of sp³-hybridized carbons (Fsp3) is 0.424. The number of amides is 6. The van der Waals surface area contributed by atoms with Crippen LogP contribution in [0.1, 0.15) is 36.8 Å². The van der Waals surface area contributed by atoms with Crippen LogP contribution >= 0.6 is 12.6 Å². The molecule has 0 radical (unpaired) electrons. The molecule has 17 nitrogen and oxygen atoms in total. The number of hydrogen-bond donors (Lipinski definition) is 11. The second-order valence-electron chi connectivity index (χ2n) is 11.6. The number of primary amides is 1. The van der Waals surface area contributed by atoms with Gasteiger partial charge in [-0.3, -0.25) is 24.2 Å². The molecule has 0 aliphatic heterocycles. The Morgan fingerprint density at radius 1 is 0.667 bits per heavy atom. The van der Waals surface area contributed by atoms with Gasteiger partial charge < -0.3 is 54.6 Å². The van der Waals surface area contributed by atoms with Crippen molar-refractivity contribution in [3.8, 4) is 0 Å². The largest absolute Gasteiger partial charge is 0.480 e. The predicted octanol–water partition coefficient (Wildman–Crippen LogP) is -1.75. The van der Waals surface area contributed by atoms with E-state index in [1.807, 2.05) is 0 Å². The lowest BCUT2D eigenvalue weighted by Crippen LogP contribution is -2.59. The Balaban J connectivity index is 2.33. The third-order valence-electron chi connectivity index (χ3n) is 7.53. The number of carboxylic acids is 1. The van der Waals surface area contributed by atoms with Crippen molar-refractivity contribution < 1.29 is 33.9 Å². The maximum atomic E-state index is 13.8. The van der Waals surface area contributed by atoms with E-state index >= 15 is 0 Å². The summed E-state index contributed by atoms with van der Waals surface area (Å²) in [7, 11) is 0. The molecule has 51 heavy (non-hydrogen) atoms. The van der Waals surface area contributed by atoms with Crippen LogP contribution in [-0.2, 0) is 36.8 Å². The van der Waals surface area contributed by atoms with Gasteiger partial charge in [0, 0.05) is 31.7 Å². The standard InChI is InChI=1S/C33H48N10O7S/c34-22(13-7-16-39-33(37)50)27(44)41-24(17-20-9-3-1-4-10-20)29(46)40-23(14-8-15-38-32(35)36)28(45)42-25(18-21-11-5-2-6-12-21)30(47)43-26(19-51)31(48)49/h1-6,9-12,22-26,51H,7-8,13-19,34H2,(H,40,46)(H,41,44)(H,42,45)(H,43,47)(H,48,49)(H4,35,36,38)(H3,37,39,50)/t22-,23-,24+,25-,26-/m0/s1. The number of guanidine groups is 1. The summed E-state index contributed by atoms with van der Waals surface area (Å²) in [5, 5.41) is 22.3. The first-order valence-corrected chi connectivity index (χ1v) is 16.9. The molecule has 0 aromatic heterocycles. The van der Waals surface area contributed by atoms with Gasteiger partial charge in [-0.2, -0.15) is 12.6 Å². The van der Waals surface area contributed by atoms with Gasteiger partial charge >= 0.3 is 12.0 Å². The van der Waals surface area contributed by atoms with E-state index in [0.29, 0.717) is 17.5 Å². The number of benzene rings is 2. The van der Waals surface area contributed by atoms with Crippen LogP contribution in [0.4, 0.5) is 4.79 Å². The molecule has 5 atom stereocenters. The molecule has 0 saturated carbocycles. The first-order chi connectivity index (χ1) is 24.3. The molecule has 0 heterocycles. The number of nitrogens with one attached hydrogen (secondary N) is 5. The Morgan fingerprint density at radius 2 is 1.14 bits per heavy atom. The number of thiol groups is 1. The average molecular weight is 729 g/mol. The molecule has 0 saturated heterocycles. The van der Waals surface area contributed by atoms with E-state index in [1.54, 1.807) is 60.7 Å². The highest BCUT2D eigenvalue weighted by molar-refractivity contribution is 7.80. The number of carbonyl (C=O) groups is 6. The van der Waals surface area contributed by atoms with Gasteiger partial charge in [-0.15, -0.1) is 0 Å². The van der Waals surface area contributed by atoms with E-state index in [4.69, 9.17) is 22.9 Å². The van der Waals surface area contributed by atoms with Gasteiger partial charge in [-0.1, -0.05) is 60.7 Å². The molecule has 0 aliphatic rings. The number of nitrogens with two attached hydrogens (primary N) is 4. The SMILES string of the molecule is NC(=O)NCCC[C@H](N)C(=O)N[C@H](Cc1ccccc1)C(=O)N[C@@H](CCCN=C(N)N)C(=O)N[C@@H](Cc1ccccc1)C(=O)N[C@@H](CS)C(=O)O. The lowest BCUT2D eigenvalue weighted by Gasteiger charge is -2.26. The average Bonchev–Trinajstić information content (AvgIpc) is 3.09. The van der Waals surface area contributed by atoms with E-state index < -0.39 is 65.8 Å². The number of rotatable bonds is 22. The summed E-state index contributed by atoms with van der Waals surface area (Å²) >= 11 is 4.00. The first-order valence-electron chi connectivity index (χ1n) is 16.3. The molecule has 0 spiro atoms. The van der Waals surface area contributed by atoms with Gasteiger partial charge in [-0.05, 0) is 36.8 Å². The summed E-state index contributed by atoms with van der Waals surface area (Å²) in [6, 6.07) is 10.9. The molecule has 14 N–H and O–H groups in total. The summed E-state index contributed by atoms with van der Waals surface area (Å²) in [5.41, 5.74) is 23.4. The molecule has 0 bridgehead atoms. The van der Waals surface area contributed by atoms with Gasteiger partial charge in [0.05, 0.1) is 6.04 Å². The van der Waals surface area contributed by atoms with Crippen LogP contribution in [0.15, 0.2) is 65.7 Å². The molecule has 18 heteroatoms. The minimum atomic E-state index is -1.32. The Bertz CT molecular complexity index is 1480. The summed E-state index contributed by atoms with van der Waals surface area (Å²) in [4.78, 5) is 80.6. The normalized spacial score (nSPS) is 13.6. The van der Waals surface area contributed by atoms with Crippen molar-refractivity contribution in [2.75, 3.05) is 18.8 Å². The minimum Gasteiger partial charge on any atom is -0.480 e. The van der Waals surface area contributed by atoms with Gasteiger partial charge in [0.1, 0.15) is 24.2 Å². The first kappa shape index (κ1) is 41.8. The van der Waals surface area contributed by atoms with Crippen LogP contribution in [0, 0.1) is 0 Å². The van der Waals surface area contributed by atoms with E-state index in [9.17, 15) is 33.9 Å². The van der Waals surface area contributed by atoms with Crippen LogP contribution in [0.3, 0.4) is 0 Å². The van der Waals surface area contributed by atoms with Crippen molar-refractivity contribution in [3.05, 3.63) is 71.8 Å². The van der Waals surface area contributed by atoms with E-state index in [1.165, 1.54) is 0 Å². The van der Waals surface area contributed by atoms with Crippen molar-refractivity contribution in [1.29, 1.82) is 0 Å². The lowest BCUT2D eigenvalue weighted by molar-refractivity contribution is -0.141. The molecule has 0 unspecified atom stereocenters. The van der Waals surface area contributed by atoms with Crippen LogP contribution in [0.5, 0.6) is 0 Å². The van der Waals surface area contributed by atoms with Crippen molar-refractivity contribution in [2.24, 2.45) is 27.9 Å². The summed E-state index contributed by atoms with van der Waals surface area (Å²) in [6.45, 7) is 0.331. The Labute approximate surface area is 301 Å². The topological polar surface area (TPSA) is 299 Å². The number of aliphatic carboxylic acids is 1. The van der Waals surface area contributed by atoms with E-state index in [-0.39, 0.29) is 56.9 Å². The fourth-order valence-electron chi connectivity index (χ4n) is 4.84. The Kier molecular flexibility index (Phi) is 18.3. The quantitative estimate of drug-likeness (QED) is 0.0281. The maximum Gasteiger partial charge on any atom is 0.327 e. The Morgan fingerprint density at radius 3 is 1.61 bits per heavy atom. The molecular weight excluding hydrogens is 680 g/mol. The van der Waals surface area contributed by atoms with Crippen molar-refractivity contribution in [3.63, 3.8) is 0 Å². The second-order valence-corrected chi connectivity index (χ2v) is 12.0. The van der Waals surface area contributed by atoms with E-state index in [0.717, 1.165) is 0 Å². The molecule has 0 fully saturated rings. The molecule has 2 aromatic carbocycles. The van der Waals surface area contributed by atoms with Crippen molar-refractivity contribution >= 4 is 54.2 Å². The highest BCUT2D eigenvalue weighted by Gasteiger charge is 2.32. The molecule has 2 aromatic rings. The summed E-state index contributed by atoms with van der Waals surface area (Å²) in [6.07, 6.45) is 0.862. The number of aliphatic imine (C=N–C) groups is 1. The smallest absolute Gasteiger partial charge is 0.327 e. The van der Waals surface area contributed by atoms with Crippen molar-refractivity contribution in [2.45, 2.75) is 68.7 Å². The fourth-order valence-corrected chi connectivity index (χ4v) is 5.08. The molecule has 2 rings (SSSR count). The second kappa shape index (κ2) is 22.4. The van der Waals surface area contributed by atoms with Gasteiger partial charge in [-0.25, -0.2) is 9.59 Å². The van der Waals surface area contributed by atoms with Crippen LogP contribution < -0.4 is 49.5 Å². The van der Waals surface area contributed by atoms with Gasteiger partial charge in [0.15, 0.2) is 5.96 Å². The lowest BCUT2D eigenvalue weighted by atomic mass is 10.0. The monoisotopic (exact) mass is 728 g/mol. The molecule has 0 aliphatic carbocycles. The summed E-state index contributed by atoms with van der Waals surface area (Å²) < 4.78 is 0. The Hall–Kier alpha value is -5.36. The predicted molar refractivity (Wildman–Crippen MR) is 194 cm³/mol. The third-order valence-corrected chi connectivity index (χ3v) is 7.90. The highest BCUT2D eigenvalue weighted by atomic mass is 32.1. The van der Waals surface area contributed by atoms with E-state index in [2.05, 4.69) is 44.2 Å². The maximum absolute atomic E-state index is 13.8. The third kappa shape index (κ3) is 16.3. The van der Waals surface area contributed by atoms with Crippen LogP contribution in [-0.4, -0.2) is 95.7 Å². The zero-order valence-electron chi connectivity index (χ0n) is 28.1. The van der Waals surface area contributed by atoms with Crippen LogP contribution in [0.2, 0.25) is 0 Å². The summed E-state index contributed by atoms with van der Waals surface area (Å²) in [5.74, 6) is -4.51. The van der Waals surface area contributed by atoms with Gasteiger partial charge in [0.25, 0.3) is 0 Å². The van der Waals surface area contributed by atoms with Crippen LogP contribution in [0.25, 0.3) is 0 Å². The number of urea groups is 1. The number of nitrogens with zero attached hydrogens (tertiary/aromatic N) is 1. The number of carboxylic acid groups (broad SMARTS) is 1. The number of hydrogen-bond acceptors (Lipinski definition) is 9. The minimum absolute atomic E-state index is 0.00549.